The second-order valence-corrected chi connectivity index (χ2v) is 6.08. The molecule has 1 heterocycles. The van der Waals surface area contributed by atoms with Gasteiger partial charge in [-0.1, -0.05) is 46.6 Å². The van der Waals surface area contributed by atoms with Crippen LogP contribution in [0, 0.1) is 5.92 Å². The number of pyridine rings is 1. The predicted octanol–water partition coefficient (Wildman–Crippen LogP) is 4.34. The third-order valence-corrected chi connectivity index (χ3v) is 4.90. The number of halogens is 1. The lowest BCUT2D eigenvalue weighted by atomic mass is 10.0. The van der Waals surface area contributed by atoms with Crippen molar-refractivity contribution in [3.05, 3.63) is 42.1 Å². The van der Waals surface area contributed by atoms with Crippen LogP contribution in [0.5, 0.6) is 0 Å². The van der Waals surface area contributed by atoms with Crippen molar-refractivity contribution in [1.82, 2.24) is 4.98 Å². The summed E-state index contributed by atoms with van der Waals surface area (Å²) < 4.78 is 0. The van der Waals surface area contributed by atoms with Gasteiger partial charge in [-0.2, -0.15) is 0 Å². The van der Waals surface area contributed by atoms with Crippen molar-refractivity contribution in [2.45, 2.75) is 30.5 Å². The SMILES string of the molecule is BrC1CCCC1Cc1ccc2ccccc2n1. The van der Waals surface area contributed by atoms with Gasteiger partial charge in [0.1, 0.15) is 0 Å². The Morgan fingerprint density at radius 1 is 1.12 bits per heavy atom. The van der Waals surface area contributed by atoms with Crippen LogP contribution >= 0.6 is 15.9 Å². The van der Waals surface area contributed by atoms with E-state index in [1.165, 1.54) is 30.3 Å². The molecule has 1 aliphatic rings. The Kier molecular flexibility index (Phi) is 3.15. The van der Waals surface area contributed by atoms with E-state index in [0.29, 0.717) is 4.83 Å². The number of rotatable bonds is 2. The van der Waals surface area contributed by atoms with E-state index in [2.05, 4.69) is 52.3 Å². The number of hydrogen-bond acceptors (Lipinski definition) is 1. The van der Waals surface area contributed by atoms with E-state index in [1.54, 1.807) is 0 Å². The molecule has 1 aliphatic carbocycles. The number of nitrogens with zero attached hydrogens (tertiary/aromatic N) is 1. The minimum Gasteiger partial charge on any atom is -0.253 e. The van der Waals surface area contributed by atoms with Gasteiger partial charge in [-0.05, 0) is 37.3 Å². The number of alkyl halides is 1. The molecule has 0 bridgehead atoms. The van der Waals surface area contributed by atoms with E-state index in [0.717, 1.165) is 17.9 Å². The molecular weight excluding hydrogens is 274 g/mol. The molecule has 88 valence electrons. The normalized spacial score (nSPS) is 24.3. The Balaban J connectivity index is 1.85. The Labute approximate surface area is 110 Å². The standard InChI is InChI=1S/C15H16BrN/c16-14-6-3-5-12(14)10-13-9-8-11-4-1-2-7-15(11)17-13/h1-2,4,7-9,12,14H,3,5-6,10H2. The van der Waals surface area contributed by atoms with Crippen molar-refractivity contribution < 1.29 is 0 Å². The number of fused-ring (bicyclic) bond motifs is 1. The molecule has 2 atom stereocenters. The summed E-state index contributed by atoms with van der Waals surface area (Å²) in [5.41, 5.74) is 2.36. The molecule has 2 heteroatoms. The molecule has 0 aliphatic heterocycles. The highest BCUT2D eigenvalue weighted by Crippen LogP contribution is 2.33. The fraction of sp³-hybridized carbons (Fsp3) is 0.400. The lowest BCUT2D eigenvalue weighted by Gasteiger charge is -2.13. The molecular formula is C15H16BrN. The Morgan fingerprint density at radius 3 is 2.82 bits per heavy atom. The first-order valence-electron chi connectivity index (χ1n) is 6.32. The van der Waals surface area contributed by atoms with Gasteiger partial charge >= 0.3 is 0 Å². The number of para-hydroxylation sites is 1. The summed E-state index contributed by atoms with van der Waals surface area (Å²) in [4.78, 5) is 5.44. The van der Waals surface area contributed by atoms with Crippen LogP contribution in [0.15, 0.2) is 36.4 Å². The highest BCUT2D eigenvalue weighted by molar-refractivity contribution is 9.09. The molecule has 2 aromatic rings. The quantitative estimate of drug-likeness (QED) is 0.750. The van der Waals surface area contributed by atoms with Gasteiger partial charge in [0.05, 0.1) is 5.52 Å². The lowest BCUT2D eigenvalue weighted by molar-refractivity contribution is 0.556. The lowest BCUT2D eigenvalue weighted by Crippen LogP contribution is -2.10. The third kappa shape index (κ3) is 2.37. The fourth-order valence-electron chi connectivity index (χ4n) is 2.71. The van der Waals surface area contributed by atoms with Crippen LogP contribution in [0.3, 0.4) is 0 Å². The molecule has 1 aromatic heterocycles. The van der Waals surface area contributed by atoms with E-state index in [4.69, 9.17) is 4.98 Å². The maximum Gasteiger partial charge on any atom is 0.0705 e. The van der Waals surface area contributed by atoms with Crippen LogP contribution in [0.2, 0.25) is 0 Å². The van der Waals surface area contributed by atoms with Crippen LogP contribution in [0.4, 0.5) is 0 Å². The second-order valence-electron chi connectivity index (χ2n) is 4.91. The first-order valence-corrected chi connectivity index (χ1v) is 7.23. The summed E-state index contributed by atoms with van der Waals surface area (Å²) in [6, 6.07) is 12.7. The van der Waals surface area contributed by atoms with Crippen molar-refractivity contribution >= 4 is 26.8 Å². The van der Waals surface area contributed by atoms with Crippen LogP contribution in [-0.2, 0) is 6.42 Å². The average Bonchev–Trinajstić information content (AvgIpc) is 2.75. The Hall–Kier alpha value is -0.890. The highest BCUT2D eigenvalue weighted by Gasteiger charge is 2.25. The molecule has 1 aromatic carbocycles. The smallest absolute Gasteiger partial charge is 0.0705 e. The zero-order valence-corrected chi connectivity index (χ0v) is 11.4. The predicted molar refractivity (Wildman–Crippen MR) is 75.5 cm³/mol. The van der Waals surface area contributed by atoms with Gasteiger partial charge in [-0.3, -0.25) is 4.98 Å². The van der Waals surface area contributed by atoms with Gasteiger partial charge < -0.3 is 0 Å². The summed E-state index contributed by atoms with van der Waals surface area (Å²) >= 11 is 3.78. The molecule has 1 fully saturated rings. The highest BCUT2D eigenvalue weighted by atomic mass is 79.9. The van der Waals surface area contributed by atoms with Crippen molar-refractivity contribution in [1.29, 1.82) is 0 Å². The first-order chi connectivity index (χ1) is 8.33. The first kappa shape index (κ1) is 11.2. The van der Waals surface area contributed by atoms with Crippen molar-refractivity contribution in [2.75, 3.05) is 0 Å². The molecule has 1 saturated carbocycles. The van der Waals surface area contributed by atoms with Crippen LogP contribution in [0.25, 0.3) is 10.9 Å². The average molecular weight is 290 g/mol. The van der Waals surface area contributed by atoms with E-state index in [1.807, 2.05) is 0 Å². The zero-order chi connectivity index (χ0) is 11.7. The minimum atomic E-state index is 0.691. The van der Waals surface area contributed by atoms with E-state index < -0.39 is 0 Å². The maximum atomic E-state index is 4.75. The van der Waals surface area contributed by atoms with E-state index >= 15 is 0 Å². The maximum absolute atomic E-state index is 4.75. The van der Waals surface area contributed by atoms with Crippen molar-refractivity contribution in [2.24, 2.45) is 5.92 Å². The molecule has 0 N–H and O–H groups in total. The topological polar surface area (TPSA) is 12.9 Å². The molecule has 2 unspecified atom stereocenters. The van der Waals surface area contributed by atoms with Crippen molar-refractivity contribution in [3.8, 4) is 0 Å². The molecule has 0 spiro atoms. The van der Waals surface area contributed by atoms with Crippen LogP contribution < -0.4 is 0 Å². The summed E-state index contributed by atoms with van der Waals surface area (Å²) in [5, 5.41) is 1.23. The van der Waals surface area contributed by atoms with Gasteiger partial charge in [0.15, 0.2) is 0 Å². The van der Waals surface area contributed by atoms with Gasteiger partial charge in [0.2, 0.25) is 0 Å². The summed E-state index contributed by atoms with van der Waals surface area (Å²) in [6.45, 7) is 0. The van der Waals surface area contributed by atoms with Crippen LogP contribution in [0.1, 0.15) is 25.0 Å². The van der Waals surface area contributed by atoms with Gasteiger partial charge in [0.25, 0.3) is 0 Å². The Bertz CT molecular complexity index is 523. The zero-order valence-electron chi connectivity index (χ0n) is 9.77. The molecule has 0 saturated heterocycles. The Morgan fingerprint density at radius 2 is 2.00 bits per heavy atom. The van der Waals surface area contributed by atoms with Gasteiger partial charge in [-0.25, -0.2) is 0 Å². The summed E-state index contributed by atoms with van der Waals surface area (Å²) in [6.07, 6.45) is 5.12. The van der Waals surface area contributed by atoms with Crippen LogP contribution in [-0.4, -0.2) is 9.81 Å². The molecule has 1 nitrogen and oxygen atoms in total. The third-order valence-electron chi connectivity index (χ3n) is 3.69. The molecule has 0 radical (unpaired) electrons. The minimum absolute atomic E-state index is 0.691. The number of aromatic nitrogens is 1. The monoisotopic (exact) mass is 289 g/mol. The van der Waals surface area contributed by atoms with Gasteiger partial charge in [0, 0.05) is 15.9 Å². The summed E-state index contributed by atoms with van der Waals surface area (Å²) in [5.74, 6) is 0.767. The van der Waals surface area contributed by atoms with Crippen molar-refractivity contribution in [3.63, 3.8) is 0 Å². The molecule has 17 heavy (non-hydrogen) atoms. The summed E-state index contributed by atoms with van der Waals surface area (Å²) in [7, 11) is 0. The number of benzene rings is 1. The molecule has 0 amide bonds. The van der Waals surface area contributed by atoms with E-state index in [9.17, 15) is 0 Å². The second kappa shape index (κ2) is 4.77. The number of hydrogen-bond donors (Lipinski definition) is 0. The largest absolute Gasteiger partial charge is 0.253 e. The van der Waals surface area contributed by atoms with Gasteiger partial charge in [-0.15, -0.1) is 0 Å². The molecule has 3 rings (SSSR count). The van der Waals surface area contributed by atoms with E-state index in [-0.39, 0.29) is 0 Å². The fourth-order valence-corrected chi connectivity index (χ4v) is 3.49.